The first-order valence-corrected chi connectivity index (χ1v) is 5.84. The van der Waals surface area contributed by atoms with Gasteiger partial charge in [-0.25, -0.2) is 4.79 Å². The van der Waals surface area contributed by atoms with E-state index in [9.17, 15) is 4.79 Å². The van der Waals surface area contributed by atoms with Crippen LogP contribution in [0.2, 0.25) is 0 Å². The first-order valence-electron chi connectivity index (χ1n) is 5.84. The van der Waals surface area contributed by atoms with Crippen molar-refractivity contribution in [2.45, 2.75) is 12.8 Å². The highest BCUT2D eigenvalue weighted by Gasteiger charge is 2.02. The topological polar surface area (TPSA) is 67.2 Å². The molecule has 0 radical (unpaired) electrons. The highest BCUT2D eigenvalue weighted by molar-refractivity contribution is 5.87. The van der Waals surface area contributed by atoms with Crippen molar-refractivity contribution in [1.29, 1.82) is 0 Å². The third kappa shape index (κ3) is 3.93. The first-order chi connectivity index (χ1) is 8.84. The summed E-state index contributed by atoms with van der Waals surface area (Å²) in [6, 6.07) is 11.5. The molecule has 2 rings (SSSR count). The Kier molecular flexibility index (Phi) is 4.35. The van der Waals surface area contributed by atoms with Gasteiger partial charge in [0.1, 0.15) is 6.26 Å². The summed E-state index contributed by atoms with van der Waals surface area (Å²) in [5.41, 5.74) is 1.27. The largest absolute Gasteiger partial charge is 0.363 e. The minimum absolute atomic E-state index is 0.267. The Balaban J connectivity index is 1.62. The summed E-state index contributed by atoms with van der Waals surface area (Å²) in [6.45, 7) is 0.624. The predicted octanol–water partition coefficient (Wildman–Crippen LogP) is 2.43. The molecule has 0 unspecified atom stereocenters. The summed E-state index contributed by atoms with van der Waals surface area (Å²) < 4.78 is 4.61. The van der Waals surface area contributed by atoms with E-state index in [-0.39, 0.29) is 6.03 Å². The molecule has 0 fully saturated rings. The number of aryl methyl sites for hydroxylation is 1. The van der Waals surface area contributed by atoms with E-state index in [1.807, 2.05) is 18.2 Å². The number of anilines is 1. The van der Waals surface area contributed by atoms with E-state index in [4.69, 9.17) is 0 Å². The molecule has 5 heteroatoms. The van der Waals surface area contributed by atoms with Gasteiger partial charge >= 0.3 is 6.03 Å². The first kappa shape index (κ1) is 12.2. The predicted molar refractivity (Wildman–Crippen MR) is 68.3 cm³/mol. The van der Waals surface area contributed by atoms with Gasteiger partial charge in [0.05, 0.1) is 0 Å². The Morgan fingerprint density at radius 2 is 2.06 bits per heavy atom. The number of amides is 2. The molecule has 0 aliphatic rings. The normalized spacial score (nSPS) is 10.0. The van der Waals surface area contributed by atoms with Crippen LogP contribution in [0, 0.1) is 0 Å². The number of hydrogen-bond acceptors (Lipinski definition) is 3. The molecule has 2 N–H and O–H groups in total. The van der Waals surface area contributed by atoms with Crippen LogP contribution in [0.15, 0.2) is 47.2 Å². The van der Waals surface area contributed by atoms with Crippen LogP contribution >= 0.6 is 0 Å². The lowest BCUT2D eigenvalue weighted by Crippen LogP contribution is -2.29. The number of aromatic nitrogens is 1. The van der Waals surface area contributed by atoms with E-state index >= 15 is 0 Å². The van der Waals surface area contributed by atoms with Crippen LogP contribution in [0.4, 0.5) is 10.6 Å². The lowest BCUT2D eigenvalue weighted by molar-refractivity contribution is 0.251. The Morgan fingerprint density at radius 1 is 1.22 bits per heavy atom. The minimum atomic E-state index is -0.267. The molecule has 1 aromatic heterocycles. The summed E-state index contributed by atoms with van der Waals surface area (Å²) in [6.07, 6.45) is 3.26. The van der Waals surface area contributed by atoms with E-state index in [0.717, 1.165) is 12.8 Å². The molecular formula is C13H15N3O2. The SMILES string of the molecule is O=C(NCCCc1ccccc1)Nc1ccon1. The van der Waals surface area contributed by atoms with Gasteiger partial charge in [-0.2, -0.15) is 0 Å². The van der Waals surface area contributed by atoms with Crippen molar-refractivity contribution < 1.29 is 9.32 Å². The fourth-order valence-electron chi connectivity index (χ4n) is 1.58. The number of nitrogens with zero attached hydrogens (tertiary/aromatic N) is 1. The van der Waals surface area contributed by atoms with Crippen molar-refractivity contribution in [3.63, 3.8) is 0 Å². The van der Waals surface area contributed by atoms with Crippen LogP contribution in [0.1, 0.15) is 12.0 Å². The third-order valence-corrected chi connectivity index (χ3v) is 2.45. The molecule has 0 spiro atoms. The molecule has 0 atom stereocenters. The molecule has 0 aliphatic carbocycles. The van der Waals surface area contributed by atoms with Crippen molar-refractivity contribution in [2.24, 2.45) is 0 Å². The lowest BCUT2D eigenvalue weighted by Gasteiger charge is -2.05. The highest BCUT2D eigenvalue weighted by Crippen LogP contribution is 2.02. The van der Waals surface area contributed by atoms with Crippen molar-refractivity contribution in [3.8, 4) is 0 Å². The second-order valence-corrected chi connectivity index (χ2v) is 3.85. The second kappa shape index (κ2) is 6.44. The molecule has 0 bridgehead atoms. The van der Waals surface area contributed by atoms with Gasteiger partial charge in [0.25, 0.3) is 0 Å². The number of benzene rings is 1. The quantitative estimate of drug-likeness (QED) is 0.795. The molecule has 2 aromatic rings. The summed E-state index contributed by atoms with van der Waals surface area (Å²) in [4.78, 5) is 11.4. The third-order valence-electron chi connectivity index (χ3n) is 2.45. The van der Waals surface area contributed by atoms with E-state index < -0.39 is 0 Å². The van der Waals surface area contributed by atoms with E-state index in [0.29, 0.717) is 12.4 Å². The molecule has 0 saturated carbocycles. The smallest absolute Gasteiger partial charge is 0.320 e. The van der Waals surface area contributed by atoms with Gasteiger partial charge in [0, 0.05) is 12.6 Å². The minimum Gasteiger partial charge on any atom is -0.363 e. The Hall–Kier alpha value is -2.30. The van der Waals surface area contributed by atoms with E-state index in [2.05, 4.69) is 32.4 Å². The van der Waals surface area contributed by atoms with Crippen LogP contribution in [-0.4, -0.2) is 17.7 Å². The van der Waals surface area contributed by atoms with Gasteiger partial charge in [0.2, 0.25) is 0 Å². The second-order valence-electron chi connectivity index (χ2n) is 3.85. The number of nitrogens with one attached hydrogen (secondary N) is 2. The summed E-state index contributed by atoms with van der Waals surface area (Å²) in [5.74, 6) is 0.413. The average molecular weight is 245 g/mol. The van der Waals surface area contributed by atoms with Crippen molar-refractivity contribution in [3.05, 3.63) is 48.2 Å². The summed E-state index contributed by atoms with van der Waals surface area (Å²) >= 11 is 0. The Labute approximate surface area is 105 Å². The molecule has 1 heterocycles. The monoisotopic (exact) mass is 245 g/mol. The van der Waals surface area contributed by atoms with Gasteiger partial charge in [-0.05, 0) is 18.4 Å². The average Bonchev–Trinajstić information content (AvgIpc) is 2.89. The summed E-state index contributed by atoms with van der Waals surface area (Å²) in [7, 11) is 0. The molecular weight excluding hydrogens is 230 g/mol. The van der Waals surface area contributed by atoms with Crippen LogP contribution < -0.4 is 10.6 Å². The standard InChI is InChI=1S/C13H15N3O2/c17-13(15-12-8-10-18-16-12)14-9-4-7-11-5-2-1-3-6-11/h1-3,5-6,8,10H,4,7,9H2,(H2,14,15,16,17). The number of urea groups is 1. The zero-order valence-corrected chi connectivity index (χ0v) is 9.93. The van der Waals surface area contributed by atoms with E-state index in [1.165, 1.54) is 11.8 Å². The molecule has 18 heavy (non-hydrogen) atoms. The van der Waals surface area contributed by atoms with Gasteiger partial charge in [0.15, 0.2) is 5.82 Å². The lowest BCUT2D eigenvalue weighted by atomic mass is 10.1. The fraction of sp³-hybridized carbons (Fsp3) is 0.231. The van der Waals surface area contributed by atoms with E-state index in [1.54, 1.807) is 6.07 Å². The highest BCUT2D eigenvalue weighted by atomic mass is 16.5. The van der Waals surface area contributed by atoms with Crippen molar-refractivity contribution in [1.82, 2.24) is 10.5 Å². The van der Waals surface area contributed by atoms with Crippen LogP contribution in [0.3, 0.4) is 0 Å². The zero-order valence-electron chi connectivity index (χ0n) is 9.93. The van der Waals surface area contributed by atoms with Crippen molar-refractivity contribution >= 4 is 11.8 Å². The molecule has 2 amide bonds. The number of carbonyl (C=O) groups is 1. The number of rotatable bonds is 5. The Morgan fingerprint density at radius 3 is 2.78 bits per heavy atom. The fourth-order valence-corrected chi connectivity index (χ4v) is 1.58. The van der Waals surface area contributed by atoms with Crippen LogP contribution in [-0.2, 0) is 6.42 Å². The molecule has 0 saturated heterocycles. The van der Waals surface area contributed by atoms with Crippen molar-refractivity contribution in [2.75, 3.05) is 11.9 Å². The maximum absolute atomic E-state index is 11.4. The molecule has 0 aliphatic heterocycles. The number of hydrogen-bond donors (Lipinski definition) is 2. The molecule has 5 nitrogen and oxygen atoms in total. The van der Waals surface area contributed by atoms with Gasteiger partial charge in [-0.15, -0.1) is 0 Å². The number of carbonyl (C=O) groups excluding carboxylic acids is 1. The van der Waals surface area contributed by atoms with Gasteiger partial charge in [-0.1, -0.05) is 35.5 Å². The zero-order chi connectivity index (χ0) is 12.6. The van der Waals surface area contributed by atoms with Crippen LogP contribution in [0.5, 0.6) is 0 Å². The Bertz CT molecular complexity index is 468. The van der Waals surface area contributed by atoms with Crippen LogP contribution in [0.25, 0.3) is 0 Å². The maximum atomic E-state index is 11.4. The van der Waals surface area contributed by atoms with Gasteiger partial charge in [-0.3, -0.25) is 5.32 Å². The maximum Gasteiger partial charge on any atom is 0.320 e. The summed E-state index contributed by atoms with van der Waals surface area (Å²) in [5, 5.41) is 8.91. The van der Waals surface area contributed by atoms with Gasteiger partial charge < -0.3 is 9.84 Å². The molecule has 94 valence electrons. The molecule has 1 aromatic carbocycles.